The first-order valence-electron chi connectivity index (χ1n) is 7.25. The third-order valence-corrected chi connectivity index (χ3v) is 5.86. The number of nitrogens with zero attached hydrogens (tertiary/aromatic N) is 1. The van der Waals surface area contributed by atoms with Crippen molar-refractivity contribution in [3.8, 4) is 0 Å². The maximum Gasteiger partial charge on any atom is 0.243 e. The van der Waals surface area contributed by atoms with Crippen LogP contribution in [0.3, 0.4) is 0 Å². The van der Waals surface area contributed by atoms with E-state index in [2.05, 4.69) is 0 Å². The summed E-state index contributed by atoms with van der Waals surface area (Å²) in [5.41, 5.74) is 7.74. The van der Waals surface area contributed by atoms with Crippen molar-refractivity contribution in [2.75, 3.05) is 6.54 Å². The lowest BCUT2D eigenvalue weighted by molar-refractivity contribution is 0.342. The van der Waals surface area contributed by atoms with Crippen molar-refractivity contribution in [1.82, 2.24) is 4.31 Å². The number of sulfonamides is 1. The van der Waals surface area contributed by atoms with E-state index in [0.717, 1.165) is 24.0 Å². The number of hydrogen-bond acceptors (Lipinski definition) is 3. The molecule has 5 heteroatoms. The predicted octanol–water partition coefficient (Wildman–Crippen LogP) is 2.52. The highest BCUT2D eigenvalue weighted by Crippen LogP contribution is 2.22. The van der Waals surface area contributed by atoms with Crippen LogP contribution in [0.1, 0.15) is 45.2 Å². The van der Waals surface area contributed by atoms with Gasteiger partial charge >= 0.3 is 0 Å². The molecular weight excluding hydrogens is 272 g/mol. The van der Waals surface area contributed by atoms with E-state index in [1.54, 1.807) is 16.4 Å². The molecule has 1 unspecified atom stereocenters. The van der Waals surface area contributed by atoms with Crippen LogP contribution < -0.4 is 5.73 Å². The molecule has 0 aliphatic heterocycles. The van der Waals surface area contributed by atoms with Crippen molar-refractivity contribution in [3.63, 3.8) is 0 Å². The molecule has 0 saturated heterocycles. The maximum absolute atomic E-state index is 12.7. The van der Waals surface area contributed by atoms with Crippen molar-refractivity contribution in [1.29, 1.82) is 0 Å². The molecule has 0 radical (unpaired) electrons. The summed E-state index contributed by atoms with van der Waals surface area (Å²) in [6.07, 6.45) is 1.65. The lowest BCUT2D eigenvalue weighted by Gasteiger charge is -2.26. The molecule has 0 amide bonds. The molecule has 20 heavy (non-hydrogen) atoms. The highest BCUT2D eigenvalue weighted by atomic mass is 32.2. The molecule has 1 aromatic carbocycles. The molecule has 0 spiro atoms. The average molecular weight is 298 g/mol. The van der Waals surface area contributed by atoms with E-state index in [4.69, 9.17) is 5.73 Å². The van der Waals surface area contributed by atoms with E-state index in [1.807, 2.05) is 33.8 Å². The largest absolute Gasteiger partial charge is 0.326 e. The van der Waals surface area contributed by atoms with Gasteiger partial charge in [-0.25, -0.2) is 8.42 Å². The second-order valence-electron chi connectivity index (χ2n) is 4.95. The molecule has 0 bridgehead atoms. The lowest BCUT2D eigenvalue weighted by atomic mass is 10.1. The van der Waals surface area contributed by atoms with Gasteiger partial charge in [-0.1, -0.05) is 26.8 Å². The molecule has 1 atom stereocenters. The summed E-state index contributed by atoms with van der Waals surface area (Å²) in [5.74, 6) is 0. The summed E-state index contributed by atoms with van der Waals surface area (Å²) in [6.45, 7) is 8.68. The average Bonchev–Trinajstić information content (AvgIpc) is 2.46. The van der Waals surface area contributed by atoms with Crippen LogP contribution in [0.5, 0.6) is 0 Å². The van der Waals surface area contributed by atoms with Crippen LogP contribution in [0, 0.1) is 0 Å². The van der Waals surface area contributed by atoms with Crippen LogP contribution in [0.2, 0.25) is 0 Å². The molecule has 0 saturated carbocycles. The Morgan fingerprint density at radius 2 is 1.85 bits per heavy atom. The molecule has 0 aromatic heterocycles. The van der Waals surface area contributed by atoms with Gasteiger partial charge in [-0.15, -0.1) is 0 Å². The second-order valence-corrected chi connectivity index (χ2v) is 6.84. The Morgan fingerprint density at radius 1 is 1.20 bits per heavy atom. The zero-order valence-corrected chi connectivity index (χ0v) is 13.7. The van der Waals surface area contributed by atoms with E-state index in [-0.39, 0.29) is 6.04 Å². The number of rotatable bonds is 7. The minimum absolute atomic E-state index is 0.00261. The van der Waals surface area contributed by atoms with Crippen molar-refractivity contribution in [2.45, 2.75) is 58.0 Å². The topological polar surface area (TPSA) is 63.4 Å². The first-order chi connectivity index (χ1) is 9.42. The van der Waals surface area contributed by atoms with E-state index in [0.29, 0.717) is 18.0 Å². The van der Waals surface area contributed by atoms with E-state index in [1.165, 1.54) is 0 Å². The number of nitrogens with two attached hydrogens (primary N) is 1. The van der Waals surface area contributed by atoms with Gasteiger partial charge in [0.2, 0.25) is 10.0 Å². The van der Waals surface area contributed by atoms with Gasteiger partial charge in [0.05, 0.1) is 4.90 Å². The predicted molar refractivity (Wildman–Crippen MR) is 83.0 cm³/mol. The summed E-state index contributed by atoms with van der Waals surface area (Å²) in [7, 11) is -3.44. The van der Waals surface area contributed by atoms with Crippen molar-refractivity contribution < 1.29 is 8.42 Å². The fraction of sp³-hybridized carbons (Fsp3) is 0.600. The van der Waals surface area contributed by atoms with Gasteiger partial charge in [-0.05, 0) is 43.0 Å². The molecular formula is C15H26N2O2S. The Labute approximate surface area is 123 Å². The molecule has 0 aliphatic rings. The van der Waals surface area contributed by atoms with Gasteiger partial charge in [0.25, 0.3) is 0 Å². The molecule has 0 heterocycles. The Kier molecular flexibility index (Phi) is 6.17. The molecule has 4 nitrogen and oxygen atoms in total. The zero-order valence-electron chi connectivity index (χ0n) is 12.9. The van der Waals surface area contributed by atoms with Crippen LogP contribution in [0.25, 0.3) is 0 Å². The summed E-state index contributed by atoms with van der Waals surface area (Å²) >= 11 is 0. The van der Waals surface area contributed by atoms with Crippen LogP contribution in [-0.4, -0.2) is 25.3 Å². The molecule has 0 aliphatic carbocycles. The minimum atomic E-state index is -3.44. The fourth-order valence-corrected chi connectivity index (χ4v) is 4.12. The quantitative estimate of drug-likeness (QED) is 0.841. The van der Waals surface area contributed by atoms with Gasteiger partial charge in [0.15, 0.2) is 0 Å². The Hall–Kier alpha value is -0.910. The van der Waals surface area contributed by atoms with Crippen LogP contribution in [-0.2, 0) is 23.0 Å². The van der Waals surface area contributed by atoms with Crippen molar-refractivity contribution in [3.05, 3.63) is 29.3 Å². The van der Waals surface area contributed by atoms with E-state index in [9.17, 15) is 8.42 Å². The summed E-state index contributed by atoms with van der Waals surface area (Å²) in [6, 6.07) is 5.29. The first-order valence-corrected chi connectivity index (χ1v) is 8.69. The van der Waals surface area contributed by atoms with Gasteiger partial charge in [-0.3, -0.25) is 0 Å². The van der Waals surface area contributed by atoms with Gasteiger partial charge in [0.1, 0.15) is 0 Å². The highest BCUT2D eigenvalue weighted by molar-refractivity contribution is 7.89. The standard InChI is InChI=1S/C15H26N2O2S/c1-5-12(4)17(7-3)20(18,19)15-9-8-13(6-2)14(10-15)11-16/h8-10,12H,5-7,11,16H2,1-4H3. The molecule has 2 N–H and O–H groups in total. The number of hydrogen-bond donors (Lipinski definition) is 1. The van der Waals surface area contributed by atoms with E-state index >= 15 is 0 Å². The zero-order chi connectivity index (χ0) is 15.3. The van der Waals surface area contributed by atoms with Crippen LogP contribution in [0.4, 0.5) is 0 Å². The van der Waals surface area contributed by atoms with Gasteiger partial charge < -0.3 is 5.73 Å². The Morgan fingerprint density at radius 3 is 2.30 bits per heavy atom. The summed E-state index contributed by atoms with van der Waals surface area (Å²) < 4.78 is 27.0. The maximum atomic E-state index is 12.7. The molecule has 114 valence electrons. The van der Waals surface area contributed by atoms with Crippen molar-refractivity contribution >= 4 is 10.0 Å². The second kappa shape index (κ2) is 7.20. The highest BCUT2D eigenvalue weighted by Gasteiger charge is 2.27. The smallest absolute Gasteiger partial charge is 0.243 e. The molecule has 1 aromatic rings. The lowest BCUT2D eigenvalue weighted by Crippen LogP contribution is -2.38. The SMILES string of the molecule is CCc1ccc(S(=O)(=O)N(CC)C(C)CC)cc1CN. The van der Waals surface area contributed by atoms with Crippen molar-refractivity contribution in [2.24, 2.45) is 5.73 Å². The van der Waals surface area contributed by atoms with E-state index < -0.39 is 10.0 Å². The third kappa shape index (κ3) is 3.40. The van der Waals surface area contributed by atoms with Crippen LogP contribution in [0.15, 0.2) is 23.1 Å². The Bertz CT molecular complexity index is 541. The minimum Gasteiger partial charge on any atom is -0.326 e. The normalized spacial score (nSPS) is 13.7. The Balaban J connectivity index is 3.27. The van der Waals surface area contributed by atoms with Gasteiger partial charge in [-0.2, -0.15) is 4.31 Å². The first kappa shape index (κ1) is 17.1. The summed E-state index contributed by atoms with van der Waals surface area (Å²) in [4.78, 5) is 0.345. The summed E-state index contributed by atoms with van der Waals surface area (Å²) in [5, 5.41) is 0. The number of aryl methyl sites for hydroxylation is 1. The third-order valence-electron chi connectivity index (χ3n) is 3.78. The molecule has 1 rings (SSSR count). The van der Waals surface area contributed by atoms with Gasteiger partial charge in [0, 0.05) is 19.1 Å². The number of benzene rings is 1. The van der Waals surface area contributed by atoms with Crippen LogP contribution >= 0.6 is 0 Å². The fourth-order valence-electron chi connectivity index (χ4n) is 2.36. The monoisotopic (exact) mass is 298 g/mol. The molecule has 0 fully saturated rings.